The number of anilines is 1. The number of carbonyl (C=O) groups excluding carboxylic acids is 1. The fraction of sp³-hybridized carbons (Fsp3) is 0.667. The number of hydrogen-bond donors (Lipinski definition) is 1. The molecule has 1 fully saturated rings. The number of nitrogens with one attached hydrogen (secondary N) is 1. The fourth-order valence-corrected chi connectivity index (χ4v) is 3.64. The van der Waals surface area contributed by atoms with E-state index >= 15 is 0 Å². The number of carbonyl (C=O) groups is 1. The summed E-state index contributed by atoms with van der Waals surface area (Å²) in [5.74, 6) is 1.39. The Morgan fingerprint density at radius 1 is 1.36 bits per heavy atom. The molecule has 1 amide bonds. The van der Waals surface area contributed by atoms with Crippen LogP contribution in [0.4, 0.5) is 5.69 Å². The van der Waals surface area contributed by atoms with E-state index < -0.39 is 5.60 Å². The monoisotopic (exact) mass is 347 g/mol. The van der Waals surface area contributed by atoms with E-state index in [9.17, 15) is 4.79 Å². The summed E-state index contributed by atoms with van der Waals surface area (Å²) in [5, 5.41) is 3.07. The normalized spacial score (nSPS) is 23.3. The van der Waals surface area contributed by atoms with Gasteiger partial charge in [-0.3, -0.25) is 4.79 Å². The molecule has 1 N–H and O–H groups in total. The predicted molar refractivity (Wildman–Crippen MR) is 102 cm³/mol. The van der Waals surface area contributed by atoms with Crippen LogP contribution in [-0.4, -0.2) is 24.7 Å². The molecule has 4 nitrogen and oxygen atoms in total. The summed E-state index contributed by atoms with van der Waals surface area (Å²) in [6.45, 7) is 9.61. The van der Waals surface area contributed by atoms with Crippen LogP contribution in [0.3, 0.4) is 0 Å². The van der Waals surface area contributed by atoms with Crippen molar-refractivity contribution in [2.45, 2.75) is 71.8 Å². The number of amides is 1. The zero-order valence-electron chi connectivity index (χ0n) is 16.2. The van der Waals surface area contributed by atoms with Crippen molar-refractivity contribution in [1.29, 1.82) is 0 Å². The smallest absolute Gasteiger partial charge is 0.256 e. The van der Waals surface area contributed by atoms with Gasteiger partial charge in [0.25, 0.3) is 5.91 Å². The number of benzene rings is 1. The van der Waals surface area contributed by atoms with Gasteiger partial charge in [-0.2, -0.15) is 0 Å². The Bertz CT molecular complexity index is 568. The van der Waals surface area contributed by atoms with Gasteiger partial charge in [-0.25, -0.2) is 0 Å². The molecule has 0 aromatic heterocycles. The molecule has 1 aliphatic rings. The minimum Gasteiger partial charge on any atom is -0.493 e. The van der Waals surface area contributed by atoms with E-state index in [0.717, 1.165) is 55.7 Å². The first-order chi connectivity index (χ1) is 12.0. The fourth-order valence-electron chi connectivity index (χ4n) is 3.64. The number of ether oxygens (including phenoxy) is 2. The highest BCUT2D eigenvalue weighted by atomic mass is 16.5. The molecule has 1 aromatic rings. The topological polar surface area (TPSA) is 47.6 Å². The maximum absolute atomic E-state index is 13.0. The average Bonchev–Trinajstić information content (AvgIpc) is 2.57. The zero-order valence-corrected chi connectivity index (χ0v) is 16.2. The summed E-state index contributed by atoms with van der Waals surface area (Å²) in [6, 6.07) is 5.83. The molecule has 140 valence electrons. The molecule has 0 aliphatic heterocycles. The van der Waals surface area contributed by atoms with Crippen LogP contribution in [0.1, 0.15) is 64.9 Å². The van der Waals surface area contributed by atoms with Crippen molar-refractivity contribution in [3.05, 3.63) is 23.8 Å². The lowest BCUT2D eigenvalue weighted by Gasteiger charge is -2.38. The molecule has 2 rings (SSSR count). The molecule has 0 spiro atoms. The number of unbranched alkanes of at least 4 members (excludes halogenated alkanes) is 1. The van der Waals surface area contributed by atoms with Gasteiger partial charge >= 0.3 is 0 Å². The second kappa shape index (κ2) is 9.23. The molecular weight excluding hydrogens is 314 g/mol. The minimum absolute atomic E-state index is 0.0139. The first-order valence-corrected chi connectivity index (χ1v) is 9.69. The Balaban J connectivity index is 2.06. The average molecular weight is 347 g/mol. The van der Waals surface area contributed by atoms with Gasteiger partial charge in [0.15, 0.2) is 0 Å². The van der Waals surface area contributed by atoms with Gasteiger partial charge in [-0.05, 0) is 69.2 Å². The van der Waals surface area contributed by atoms with Crippen LogP contribution in [0.25, 0.3) is 0 Å². The Labute approximate surface area is 152 Å². The van der Waals surface area contributed by atoms with Crippen LogP contribution in [0.2, 0.25) is 0 Å². The maximum atomic E-state index is 13.0. The lowest BCUT2D eigenvalue weighted by molar-refractivity contribution is -0.147. The Morgan fingerprint density at radius 2 is 2.16 bits per heavy atom. The third-order valence-electron chi connectivity index (χ3n) is 4.98. The molecule has 0 heterocycles. The second-order valence-electron chi connectivity index (χ2n) is 7.27. The highest BCUT2D eigenvalue weighted by Crippen LogP contribution is 2.36. The van der Waals surface area contributed by atoms with E-state index in [4.69, 9.17) is 9.47 Å². The molecule has 1 aromatic carbocycles. The van der Waals surface area contributed by atoms with Crippen LogP contribution in [0.5, 0.6) is 5.75 Å². The van der Waals surface area contributed by atoms with E-state index in [1.165, 1.54) is 6.42 Å². The van der Waals surface area contributed by atoms with E-state index in [0.29, 0.717) is 12.5 Å². The van der Waals surface area contributed by atoms with Gasteiger partial charge in [-0.15, -0.1) is 0 Å². The number of rotatable bonds is 8. The highest BCUT2D eigenvalue weighted by Gasteiger charge is 2.42. The zero-order chi connectivity index (χ0) is 18.3. The quantitative estimate of drug-likeness (QED) is 0.666. The number of hydrogen-bond acceptors (Lipinski definition) is 3. The third kappa shape index (κ3) is 5.21. The van der Waals surface area contributed by atoms with Crippen LogP contribution in [0.15, 0.2) is 18.2 Å². The first-order valence-electron chi connectivity index (χ1n) is 9.69. The third-order valence-corrected chi connectivity index (χ3v) is 4.98. The largest absolute Gasteiger partial charge is 0.493 e. The van der Waals surface area contributed by atoms with Crippen LogP contribution >= 0.6 is 0 Å². The lowest BCUT2D eigenvalue weighted by atomic mass is 9.78. The summed E-state index contributed by atoms with van der Waals surface area (Å²) in [5.41, 5.74) is 1.16. The summed E-state index contributed by atoms with van der Waals surface area (Å²) < 4.78 is 11.7. The standard InChI is InChI=1S/C21H33NO3/c1-5-7-13-24-19-11-10-18(14-17(19)4)22-20(23)21(25-6-2)12-8-9-16(3)15-21/h10-11,14,16H,5-9,12-13,15H2,1-4H3,(H,22,23)/t16-,21+/m1/s1. The van der Waals surface area contributed by atoms with Crippen molar-refractivity contribution in [3.8, 4) is 5.75 Å². The molecule has 4 heteroatoms. The van der Waals surface area contributed by atoms with Gasteiger partial charge in [0, 0.05) is 12.3 Å². The molecule has 25 heavy (non-hydrogen) atoms. The van der Waals surface area contributed by atoms with Gasteiger partial charge in [0.2, 0.25) is 0 Å². The molecule has 0 radical (unpaired) electrons. The van der Waals surface area contributed by atoms with Gasteiger partial charge in [0.05, 0.1) is 6.61 Å². The van der Waals surface area contributed by atoms with Crippen LogP contribution in [-0.2, 0) is 9.53 Å². The molecule has 1 saturated carbocycles. The Hall–Kier alpha value is -1.55. The van der Waals surface area contributed by atoms with Gasteiger partial charge in [-0.1, -0.05) is 26.7 Å². The number of aryl methyl sites for hydroxylation is 1. The summed E-state index contributed by atoms with van der Waals surface area (Å²) in [6.07, 6.45) is 5.97. The molecule has 0 saturated heterocycles. The molecule has 2 atom stereocenters. The maximum Gasteiger partial charge on any atom is 0.256 e. The van der Waals surface area contributed by atoms with E-state index in [-0.39, 0.29) is 5.91 Å². The van der Waals surface area contributed by atoms with Gasteiger partial charge in [0.1, 0.15) is 11.4 Å². The summed E-state index contributed by atoms with van der Waals surface area (Å²) >= 11 is 0. The first kappa shape index (κ1) is 19.8. The highest BCUT2D eigenvalue weighted by molar-refractivity contribution is 5.97. The van der Waals surface area contributed by atoms with E-state index in [2.05, 4.69) is 19.2 Å². The SMILES string of the molecule is CCCCOc1ccc(NC(=O)[C@]2(OCC)CCC[C@@H](C)C2)cc1C. The van der Waals surface area contributed by atoms with E-state index in [1.807, 2.05) is 32.0 Å². The van der Waals surface area contributed by atoms with Crippen LogP contribution in [0, 0.1) is 12.8 Å². The molecule has 0 bridgehead atoms. The molecule has 1 aliphatic carbocycles. The van der Waals surface area contributed by atoms with Crippen molar-refractivity contribution < 1.29 is 14.3 Å². The van der Waals surface area contributed by atoms with Crippen molar-refractivity contribution in [1.82, 2.24) is 0 Å². The summed E-state index contributed by atoms with van der Waals surface area (Å²) in [4.78, 5) is 13.0. The molecule has 0 unspecified atom stereocenters. The van der Waals surface area contributed by atoms with Crippen molar-refractivity contribution >= 4 is 11.6 Å². The predicted octanol–water partition coefficient (Wildman–Crippen LogP) is 5.10. The van der Waals surface area contributed by atoms with Crippen molar-refractivity contribution in [2.24, 2.45) is 5.92 Å². The Morgan fingerprint density at radius 3 is 2.80 bits per heavy atom. The van der Waals surface area contributed by atoms with Crippen molar-refractivity contribution in [3.63, 3.8) is 0 Å². The van der Waals surface area contributed by atoms with Crippen molar-refractivity contribution in [2.75, 3.05) is 18.5 Å². The van der Waals surface area contributed by atoms with E-state index in [1.54, 1.807) is 0 Å². The molecular formula is C21H33NO3. The van der Waals surface area contributed by atoms with Gasteiger partial charge < -0.3 is 14.8 Å². The second-order valence-corrected chi connectivity index (χ2v) is 7.27. The van der Waals surface area contributed by atoms with Crippen LogP contribution < -0.4 is 10.1 Å². The lowest BCUT2D eigenvalue weighted by Crippen LogP contribution is -2.48. The summed E-state index contributed by atoms with van der Waals surface area (Å²) in [7, 11) is 0. The minimum atomic E-state index is -0.684. The Kier molecular flexibility index (Phi) is 7.30.